The Morgan fingerprint density at radius 3 is 2.69 bits per heavy atom. The highest BCUT2D eigenvalue weighted by atomic mass is 35.5. The standard InChI is InChI=1S/C11H10Cl2N2O/c1-6-3-4-8(5-9(6)13)11-14-10(7(2)12)15-16-11/h3-5,7H,1-2H3. The summed E-state index contributed by atoms with van der Waals surface area (Å²) < 4.78 is 5.10. The van der Waals surface area contributed by atoms with Gasteiger partial charge in [-0.15, -0.1) is 11.6 Å². The van der Waals surface area contributed by atoms with Crippen LogP contribution in [0.3, 0.4) is 0 Å². The van der Waals surface area contributed by atoms with E-state index in [9.17, 15) is 0 Å². The normalized spacial score (nSPS) is 12.8. The van der Waals surface area contributed by atoms with Crippen molar-refractivity contribution in [2.75, 3.05) is 0 Å². The molecule has 1 aromatic heterocycles. The summed E-state index contributed by atoms with van der Waals surface area (Å²) >= 11 is 11.9. The first-order chi connectivity index (χ1) is 7.58. The molecule has 0 spiro atoms. The van der Waals surface area contributed by atoms with E-state index in [-0.39, 0.29) is 5.38 Å². The summed E-state index contributed by atoms with van der Waals surface area (Å²) in [5.74, 6) is 0.915. The van der Waals surface area contributed by atoms with Gasteiger partial charge in [0.25, 0.3) is 5.89 Å². The first-order valence-corrected chi connectivity index (χ1v) is 5.63. The smallest absolute Gasteiger partial charge is 0.258 e. The Morgan fingerprint density at radius 1 is 1.38 bits per heavy atom. The maximum Gasteiger partial charge on any atom is 0.258 e. The van der Waals surface area contributed by atoms with Gasteiger partial charge in [0.15, 0.2) is 5.82 Å². The first kappa shape index (κ1) is 11.4. The van der Waals surface area contributed by atoms with Crippen LogP contribution in [0.15, 0.2) is 22.7 Å². The van der Waals surface area contributed by atoms with Gasteiger partial charge in [0.1, 0.15) is 0 Å². The van der Waals surface area contributed by atoms with E-state index in [1.165, 1.54) is 0 Å². The maximum absolute atomic E-state index is 6.02. The van der Waals surface area contributed by atoms with Crippen LogP contribution < -0.4 is 0 Å². The SMILES string of the molecule is Cc1ccc(-c2nc(C(C)Cl)no2)cc1Cl. The number of aromatic nitrogens is 2. The van der Waals surface area contributed by atoms with Gasteiger partial charge in [-0.2, -0.15) is 4.98 Å². The van der Waals surface area contributed by atoms with Crippen molar-refractivity contribution in [3.63, 3.8) is 0 Å². The number of hydrogen-bond donors (Lipinski definition) is 0. The van der Waals surface area contributed by atoms with E-state index in [0.717, 1.165) is 11.1 Å². The van der Waals surface area contributed by atoms with Gasteiger partial charge in [0, 0.05) is 10.6 Å². The van der Waals surface area contributed by atoms with Crippen molar-refractivity contribution in [2.45, 2.75) is 19.2 Å². The van der Waals surface area contributed by atoms with Crippen molar-refractivity contribution >= 4 is 23.2 Å². The fourth-order valence-electron chi connectivity index (χ4n) is 1.24. The van der Waals surface area contributed by atoms with E-state index in [2.05, 4.69) is 10.1 Å². The average Bonchev–Trinajstić information content (AvgIpc) is 2.71. The van der Waals surface area contributed by atoms with Gasteiger partial charge >= 0.3 is 0 Å². The van der Waals surface area contributed by atoms with Gasteiger partial charge in [0.05, 0.1) is 5.38 Å². The van der Waals surface area contributed by atoms with E-state index >= 15 is 0 Å². The second-order valence-corrected chi connectivity index (χ2v) is 4.60. The second-order valence-electron chi connectivity index (χ2n) is 3.54. The van der Waals surface area contributed by atoms with E-state index in [1.54, 1.807) is 13.0 Å². The van der Waals surface area contributed by atoms with Gasteiger partial charge in [-0.25, -0.2) is 0 Å². The minimum atomic E-state index is -0.265. The molecule has 0 saturated carbocycles. The summed E-state index contributed by atoms with van der Waals surface area (Å²) in [4.78, 5) is 4.18. The summed E-state index contributed by atoms with van der Waals surface area (Å²) in [7, 11) is 0. The molecule has 84 valence electrons. The Bertz CT molecular complexity index is 508. The Morgan fingerprint density at radius 2 is 2.12 bits per heavy atom. The molecule has 1 unspecified atom stereocenters. The molecule has 0 bridgehead atoms. The third-order valence-corrected chi connectivity index (χ3v) is 2.82. The molecule has 3 nitrogen and oxygen atoms in total. The molecule has 0 amide bonds. The van der Waals surface area contributed by atoms with Crippen LogP contribution in [0.2, 0.25) is 5.02 Å². The largest absolute Gasteiger partial charge is 0.334 e. The lowest BCUT2D eigenvalue weighted by Crippen LogP contribution is -1.87. The number of hydrogen-bond acceptors (Lipinski definition) is 3. The summed E-state index contributed by atoms with van der Waals surface area (Å²) in [6, 6.07) is 5.59. The van der Waals surface area contributed by atoms with Gasteiger partial charge in [0.2, 0.25) is 0 Å². The molecule has 0 aliphatic rings. The topological polar surface area (TPSA) is 38.9 Å². The van der Waals surface area contributed by atoms with E-state index in [0.29, 0.717) is 16.7 Å². The molecule has 0 saturated heterocycles. The highest BCUT2D eigenvalue weighted by Crippen LogP contribution is 2.25. The Labute approximate surface area is 103 Å². The fourth-order valence-corrected chi connectivity index (χ4v) is 1.51. The van der Waals surface area contributed by atoms with Gasteiger partial charge in [-0.05, 0) is 31.5 Å². The highest BCUT2D eigenvalue weighted by molar-refractivity contribution is 6.31. The Kier molecular flexibility index (Phi) is 3.17. The monoisotopic (exact) mass is 256 g/mol. The van der Waals surface area contributed by atoms with Crippen LogP contribution in [-0.4, -0.2) is 10.1 Å². The quantitative estimate of drug-likeness (QED) is 0.763. The average molecular weight is 257 g/mol. The van der Waals surface area contributed by atoms with Gasteiger partial charge in [-0.1, -0.05) is 22.8 Å². The molecule has 1 atom stereocenters. The predicted molar refractivity (Wildman–Crippen MR) is 63.7 cm³/mol. The third-order valence-electron chi connectivity index (χ3n) is 2.22. The minimum Gasteiger partial charge on any atom is -0.334 e. The molecular weight excluding hydrogens is 247 g/mol. The third kappa shape index (κ3) is 2.20. The molecule has 0 radical (unpaired) electrons. The number of halogens is 2. The van der Waals surface area contributed by atoms with Crippen LogP contribution >= 0.6 is 23.2 Å². The summed E-state index contributed by atoms with van der Waals surface area (Å²) in [5.41, 5.74) is 1.81. The van der Waals surface area contributed by atoms with Crippen molar-refractivity contribution in [3.8, 4) is 11.5 Å². The van der Waals surface area contributed by atoms with Crippen LogP contribution in [0.5, 0.6) is 0 Å². The lowest BCUT2D eigenvalue weighted by atomic mass is 10.1. The summed E-state index contributed by atoms with van der Waals surface area (Å²) in [6.45, 7) is 3.73. The predicted octanol–water partition coefficient (Wildman–Crippen LogP) is 4.00. The molecular formula is C11H10Cl2N2O. The van der Waals surface area contributed by atoms with Crippen LogP contribution in [-0.2, 0) is 0 Å². The molecule has 0 aliphatic carbocycles. The number of rotatable bonds is 2. The van der Waals surface area contributed by atoms with Crippen LogP contribution in [0.25, 0.3) is 11.5 Å². The highest BCUT2D eigenvalue weighted by Gasteiger charge is 2.13. The zero-order valence-corrected chi connectivity index (χ0v) is 10.4. The molecule has 2 rings (SSSR count). The van der Waals surface area contributed by atoms with E-state index in [4.69, 9.17) is 27.7 Å². The van der Waals surface area contributed by atoms with Crippen molar-refractivity contribution in [1.82, 2.24) is 10.1 Å². The Balaban J connectivity index is 2.39. The lowest BCUT2D eigenvalue weighted by Gasteiger charge is -1.98. The molecule has 0 aliphatic heterocycles. The summed E-state index contributed by atoms with van der Waals surface area (Å²) in [5, 5.41) is 4.19. The molecule has 2 aromatic rings. The van der Waals surface area contributed by atoms with Crippen LogP contribution in [0.1, 0.15) is 23.7 Å². The number of nitrogens with zero attached hydrogens (tertiary/aromatic N) is 2. The molecule has 1 heterocycles. The van der Waals surface area contributed by atoms with Crippen molar-refractivity contribution in [2.24, 2.45) is 0 Å². The Hall–Kier alpha value is -1.06. The molecule has 0 fully saturated rings. The molecule has 5 heteroatoms. The van der Waals surface area contributed by atoms with E-state index < -0.39 is 0 Å². The number of benzene rings is 1. The second kappa shape index (κ2) is 4.44. The lowest BCUT2D eigenvalue weighted by molar-refractivity contribution is 0.422. The number of aryl methyl sites for hydroxylation is 1. The minimum absolute atomic E-state index is 0.265. The fraction of sp³-hybridized carbons (Fsp3) is 0.273. The van der Waals surface area contributed by atoms with Gasteiger partial charge in [-0.3, -0.25) is 0 Å². The van der Waals surface area contributed by atoms with E-state index in [1.807, 2.05) is 19.1 Å². The first-order valence-electron chi connectivity index (χ1n) is 4.82. The van der Waals surface area contributed by atoms with Crippen molar-refractivity contribution in [1.29, 1.82) is 0 Å². The molecule has 16 heavy (non-hydrogen) atoms. The van der Waals surface area contributed by atoms with Crippen molar-refractivity contribution < 1.29 is 4.52 Å². The van der Waals surface area contributed by atoms with Gasteiger partial charge < -0.3 is 4.52 Å². The molecule has 1 aromatic carbocycles. The molecule has 0 N–H and O–H groups in total. The van der Waals surface area contributed by atoms with Crippen molar-refractivity contribution in [3.05, 3.63) is 34.6 Å². The zero-order valence-electron chi connectivity index (χ0n) is 8.87. The maximum atomic E-state index is 6.02. The van der Waals surface area contributed by atoms with Crippen LogP contribution in [0, 0.1) is 6.92 Å². The van der Waals surface area contributed by atoms with Crippen LogP contribution in [0.4, 0.5) is 0 Å². The zero-order chi connectivity index (χ0) is 11.7. The number of alkyl halides is 1. The summed E-state index contributed by atoms with van der Waals surface area (Å²) in [6.07, 6.45) is 0.